The molecular weight excluding hydrogens is 458 g/mol. The number of thioether (sulfide) groups is 1. The van der Waals surface area contributed by atoms with E-state index in [1.165, 1.54) is 18.2 Å². The number of sulfonamides is 1. The summed E-state index contributed by atoms with van der Waals surface area (Å²) in [6.45, 7) is 0. The van der Waals surface area contributed by atoms with Crippen LogP contribution in [0.4, 0.5) is 5.69 Å². The van der Waals surface area contributed by atoms with Gasteiger partial charge >= 0.3 is 0 Å². The van der Waals surface area contributed by atoms with Gasteiger partial charge in [0.1, 0.15) is 0 Å². The number of benzene rings is 2. The third-order valence-electron chi connectivity index (χ3n) is 5.00. The minimum Gasteiger partial charge on any atom is -0.342 e. The van der Waals surface area contributed by atoms with Crippen molar-refractivity contribution in [3.8, 4) is 0 Å². The van der Waals surface area contributed by atoms with Crippen LogP contribution >= 0.6 is 11.8 Å². The summed E-state index contributed by atoms with van der Waals surface area (Å²) < 4.78 is 29.6. The van der Waals surface area contributed by atoms with Gasteiger partial charge in [-0.1, -0.05) is 30.3 Å². The van der Waals surface area contributed by atoms with E-state index in [2.05, 4.69) is 20.2 Å². The topological polar surface area (TPSA) is 105 Å². The quantitative estimate of drug-likeness (QED) is 0.377. The van der Waals surface area contributed by atoms with Crippen molar-refractivity contribution < 1.29 is 13.2 Å². The molecule has 0 aliphatic carbocycles. The third kappa shape index (κ3) is 5.35. The van der Waals surface area contributed by atoms with Gasteiger partial charge < -0.3 is 5.32 Å². The number of pyridine rings is 1. The smallest absolute Gasteiger partial charge is 0.261 e. The minimum absolute atomic E-state index is 0.149. The Bertz CT molecular complexity index is 1360. The van der Waals surface area contributed by atoms with Gasteiger partial charge in [0.2, 0.25) is 0 Å². The molecule has 0 saturated carbocycles. The maximum atomic E-state index is 13.1. The summed E-state index contributed by atoms with van der Waals surface area (Å²) in [7, 11) is -3.76. The fourth-order valence-corrected chi connectivity index (χ4v) is 4.92. The van der Waals surface area contributed by atoms with Gasteiger partial charge in [0, 0.05) is 17.4 Å². The molecular formula is C23H23N5O3S2. The number of hydrogen-bond donors (Lipinski definition) is 2. The Hall–Kier alpha value is -3.37. The number of hydrogen-bond acceptors (Lipinski definition) is 6. The second-order valence-electron chi connectivity index (χ2n) is 7.29. The van der Waals surface area contributed by atoms with Crippen molar-refractivity contribution in [1.29, 1.82) is 0 Å². The third-order valence-corrected chi connectivity index (χ3v) is 7.04. The van der Waals surface area contributed by atoms with Crippen LogP contribution in [0.5, 0.6) is 0 Å². The van der Waals surface area contributed by atoms with E-state index in [1.54, 1.807) is 48.2 Å². The first-order valence-electron chi connectivity index (χ1n) is 10.3. The zero-order valence-corrected chi connectivity index (χ0v) is 19.5. The Morgan fingerprint density at radius 2 is 1.82 bits per heavy atom. The van der Waals surface area contributed by atoms with Crippen LogP contribution in [-0.2, 0) is 10.0 Å². The monoisotopic (exact) mass is 481 g/mol. The van der Waals surface area contributed by atoms with Crippen molar-refractivity contribution in [2.45, 2.75) is 17.4 Å². The molecule has 0 fully saturated rings. The van der Waals surface area contributed by atoms with Crippen LogP contribution < -0.4 is 10.0 Å². The van der Waals surface area contributed by atoms with Gasteiger partial charge in [-0.3, -0.25) is 13.9 Å². The van der Waals surface area contributed by atoms with Crippen molar-refractivity contribution in [3.63, 3.8) is 0 Å². The van der Waals surface area contributed by atoms with Gasteiger partial charge in [0.25, 0.3) is 15.9 Å². The average molecular weight is 482 g/mol. The SMILES string of the molecule is CSCCC(NC(=O)c1cccc(NS(=O)(=O)c2ccccc2)c1)c1nnc2ccccn12. The zero-order chi connectivity index (χ0) is 23.3. The van der Waals surface area contributed by atoms with E-state index < -0.39 is 10.0 Å². The highest BCUT2D eigenvalue weighted by atomic mass is 32.2. The Labute approximate surface area is 196 Å². The summed E-state index contributed by atoms with van der Waals surface area (Å²) in [6, 6.07) is 19.7. The van der Waals surface area contributed by atoms with E-state index in [-0.39, 0.29) is 16.8 Å². The standard InChI is InChI=1S/C23H23N5O3S2/c1-32-15-13-20(22-26-25-21-12-5-6-14-28(21)22)24-23(29)17-8-7-9-18(16-17)27-33(30,31)19-10-3-2-4-11-19/h2-12,14,16,20,27H,13,15H2,1H3,(H,24,29). The van der Waals surface area contributed by atoms with Crippen molar-refractivity contribution in [2.24, 2.45) is 0 Å². The van der Waals surface area contributed by atoms with Crippen LogP contribution in [0.1, 0.15) is 28.6 Å². The van der Waals surface area contributed by atoms with E-state index in [0.29, 0.717) is 29.1 Å². The van der Waals surface area contributed by atoms with Crippen LogP contribution in [0.25, 0.3) is 5.65 Å². The van der Waals surface area contributed by atoms with Crippen molar-refractivity contribution in [2.75, 3.05) is 16.7 Å². The van der Waals surface area contributed by atoms with Gasteiger partial charge in [-0.2, -0.15) is 11.8 Å². The fourth-order valence-electron chi connectivity index (χ4n) is 3.38. The number of amides is 1. The van der Waals surface area contributed by atoms with Crippen LogP contribution in [0.3, 0.4) is 0 Å². The zero-order valence-electron chi connectivity index (χ0n) is 17.9. The molecule has 4 rings (SSSR count). The summed E-state index contributed by atoms with van der Waals surface area (Å²) in [5.41, 5.74) is 1.35. The Morgan fingerprint density at radius 3 is 2.61 bits per heavy atom. The number of carbonyl (C=O) groups excluding carboxylic acids is 1. The van der Waals surface area contributed by atoms with Crippen molar-refractivity contribution in [3.05, 3.63) is 90.4 Å². The Kier molecular flexibility index (Phi) is 6.95. The molecule has 4 aromatic rings. The molecule has 10 heteroatoms. The second kappa shape index (κ2) is 10.1. The Morgan fingerprint density at radius 1 is 1.03 bits per heavy atom. The molecule has 0 aliphatic rings. The average Bonchev–Trinajstić information content (AvgIpc) is 3.26. The van der Waals surface area contributed by atoms with E-state index in [4.69, 9.17) is 0 Å². The lowest BCUT2D eigenvalue weighted by Gasteiger charge is -2.17. The van der Waals surface area contributed by atoms with E-state index in [0.717, 1.165) is 5.75 Å². The molecule has 0 spiro atoms. The van der Waals surface area contributed by atoms with Crippen molar-refractivity contribution >= 4 is 39.0 Å². The highest BCUT2D eigenvalue weighted by molar-refractivity contribution is 7.98. The van der Waals surface area contributed by atoms with E-state index in [9.17, 15) is 13.2 Å². The predicted molar refractivity (Wildman–Crippen MR) is 130 cm³/mol. The lowest BCUT2D eigenvalue weighted by atomic mass is 10.1. The first kappa shape index (κ1) is 22.8. The van der Waals surface area contributed by atoms with Gasteiger partial charge in [-0.15, -0.1) is 10.2 Å². The van der Waals surface area contributed by atoms with Crippen LogP contribution in [0.15, 0.2) is 83.9 Å². The van der Waals surface area contributed by atoms with Gasteiger partial charge in [-0.05, 0) is 60.9 Å². The number of rotatable bonds is 9. The highest BCUT2D eigenvalue weighted by Gasteiger charge is 2.21. The highest BCUT2D eigenvalue weighted by Crippen LogP contribution is 2.21. The molecule has 2 N–H and O–H groups in total. The number of aromatic nitrogens is 3. The molecule has 0 aliphatic heterocycles. The van der Waals surface area contributed by atoms with Crippen LogP contribution in [0.2, 0.25) is 0 Å². The lowest BCUT2D eigenvalue weighted by molar-refractivity contribution is 0.0934. The minimum atomic E-state index is -3.76. The molecule has 2 heterocycles. The summed E-state index contributed by atoms with van der Waals surface area (Å²) in [5.74, 6) is 1.15. The normalized spacial score (nSPS) is 12.4. The molecule has 33 heavy (non-hydrogen) atoms. The molecule has 0 radical (unpaired) electrons. The molecule has 170 valence electrons. The number of nitrogens with one attached hydrogen (secondary N) is 2. The molecule has 2 aromatic heterocycles. The molecule has 1 atom stereocenters. The van der Waals surface area contributed by atoms with Gasteiger partial charge in [-0.25, -0.2) is 8.42 Å². The number of anilines is 1. The maximum absolute atomic E-state index is 13.1. The molecule has 1 amide bonds. The molecule has 1 unspecified atom stereocenters. The number of fused-ring (bicyclic) bond motifs is 1. The number of nitrogens with zero attached hydrogens (tertiary/aromatic N) is 3. The van der Waals surface area contributed by atoms with Crippen molar-refractivity contribution in [1.82, 2.24) is 19.9 Å². The molecule has 8 nitrogen and oxygen atoms in total. The molecule has 0 bridgehead atoms. The molecule has 2 aromatic carbocycles. The first-order chi connectivity index (χ1) is 16.0. The van der Waals surface area contributed by atoms with Crippen LogP contribution in [0, 0.1) is 0 Å². The second-order valence-corrected chi connectivity index (χ2v) is 9.96. The first-order valence-corrected chi connectivity index (χ1v) is 13.1. The molecule has 0 saturated heterocycles. The summed E-state index contributed by atoms with van der Waals surface area (Å²) in [5, 5.41) is 11.5. The predicted octanol–water partition coefficient (Wildman–Crippen LogP) is 3.75. The summed E-state index contributed by atoms with van der Waals surface area (Å²) in [6.07, 6.45) is 4.54. The van der Waals surface area contributed by atoms with Gasteiger partial charge in [0.15, 0.2) is 11.5 Å². The Balaban J connectivity index is 1.55. The number of carbonyl (C=O) groups is 1. The van der Waals surface area contributed by atoms with Crippen LogP contribution in [-0.4, -0.2) is 40.9 Å². The van der Waals surface area contributed by atoms with E-state index in [1.807, 2.05) is 35.1 Å². The lowest BCUT2D eigenvalue weighted by Crippen LogP contribution is -2.30. The summed E-state index contributed by atoms with van der Waals surface area (Å²) >= 11 is 1.68. The van der Waals surface area contributed by atoms with Gasteiger partial charge in [0.05, 0.1) is 10.9 Å². The van der Waals surface area contributed by atoms with E-state index >= 15 is 0 Å². The fraction of sp³-hybridized carbons (Fsp3) is 0.174. The maximum Gasteiger partial charge on any atom is 0.261 e. The largest absolute Gasteiger partial charge is 0.342 e. The summed E-state index contributed by atoms with van der Waals surface area (Å²) in [4.78, 5) is 13.2.